The van der Waals surface area contributed by atoms with Gasteiger partial charge in [0, 0.05) is 17.4 Å². The molecule has 0 atom stereocenters. The van der Waals surface area contributed by atoms with E-state index < -0.39 is 29.7 Å². The second-order valence-electron chi connectivity index (χ2n) is 6.85. The molecule has 1 aliphatic rings. The molecule has 1 heterocycles. The molecule has 2 N–H and O–H groups in total. The van der Waals surface area contributed by atoms with Crippen molar-refractivity contribution in [2.45, 2.75) is 26.6 Å². The van der Waals surface area contributed by atoms with E-state index in [-0.39, 0.29) is 23.6 Å². The fraction of sp³-hybridized carbons (Fsp3) is 0.167. The summed E-state index contributed by atoms with van der Waals surface area (Å²) >= 11 is 0. The molecule has 1 aliphatic heterocycles. The molecule has 5 nitrogen and oxygen atoms in total. The lowest BCUT2D eigenvalue weighted by Gasteiger charge is -2.32. The number of anilines is 4. The Hall–Kier alpha value is -3.95. The van der Waals surface area contributed by atoms with Crippen molar-refractivity contribution in [3.8, 4) is 0 Å². The number of amides is 2. The van der Waals surface area contributed by atoms with E-state index in [1.807, 2.05) is 13.8 Å². The number of benzene rings is 3. The zero-order chi connectivity index (χ0) is 24.9. The van der Waals surface area contributed by atoms with Crippen LogP contribution in [-0.2, 0) is 6.54 Å². The SMILES string of the molecule is CC.O=C(Nc1ccc(N2C(C(F)(F)F)=NCc3ccccc32)cc1)Nc1cc(F)ccc1F. The first-order valence-electron chi connectivity index (χ1n) is 10.3. The second-order valence-corrected chi connectivity index (χ2v) is 6.85. The van der Waals surface area contributed by atoms with Crippen LogP contribution in [0.25, 0.3) is 0 Å². The van der Waals surface area contributed by atoms with Gasteiger partial charge in [-0.1, -0.05) is 32.0 Å². The molecule has 0 fully saturated rings. The standard InChI is InChI=1S/C22H15F5N4O.C2H6/c23-14-5-10-17(24)18(11-14)30-21(32)29-15-6-8-16(9-7-15)31-19-4-2-1-3-13(19)12-28-20(31)22(25,26)27;1-2/h1-11H,12H2,(H2,29,30,32);1-2H3. The monoisotopic (exact) mass is 476 g/mol. The second kappa shape index (κ2) is 10.3. The van der Waals surface area contributed by atoms with Crippen LogP contribution in [0.15, 0.2) is 71.7 Å². The Morgan fingerprint density at radius 2 is 1.62 bits per heavy atom. The van der Waals surface area contributed by atoms with Crippen molar-refractivity contribution in [1.82, 2.24) is 0 Å². The Morgan fingerprint density at radius 1 is 0.941 bits per heavy atom. The molecule has 34 heavy (non-hydrogen) atoms. The number of nitrogens with zero attached hydrogens (tertiary/aromatic N) is 2. The number of nitrogens with one attached hydrogen (secondary N) is 2. The van der Waals surface area contributed by atoms with Crippen molar-refractivity contribution in [1.29, 1.82) is 0 Å². The van der Waals surface area contributed by atoms with Gasteiger partial charge in [0.2, 0.25) is 5.84 Å². The maximum atomic E-state index is 13.7. The number of urea groups is 1. The van der Waals surface area contributed by atoms with Gasteiger partial charge in [-0.05, 0) is 48.0 Å². The molecule has 0 spiro atoms. The highest BCUT2D eigenvalue weighted by atomic mass is 19.4. The van der Waals surface area contributed by atoms with Crippen molar-refractivity contribution >= 4 is 34.6 Å². The highest BCUT2D eigenvalue weighted by Gasteiger charge is 2.43. The molecule has 3 aromatic rings. The van der Waals surface area contributed by atoms with Crippen LogP contribution in [-0.4, -0.2) is 18.0 Å². The number of halogens is 5. The van der Waals surface area contributed by atoms with E-state index in [1.165, 1.54) is 24.3 Å². The van der Waals surface area contributed by atoms with Gasteiger partial charge in [0.1, 0.15) is 11.6 Å². The number of hydrogen-bond donors (Lipinski definition) is 2. The number of carbonyl (C=O) groups excluding carboxylic acids is 1. The topological polar surface area (TPSA) is 56.7 Å². The molecule has 10 heteroatoms. The molecule has 178 valence electrons. The lowest BCUT2D eigenvalue weighted by atomic mass is 10.1. The van der Waals surface area contributed by atoms with E-state index in [0.717, 1.165) is 23.1 Å². The molecule has 0 saturated heterocycles. The summed E-state index contributed by atoms with van der Waals surface area (Å²) in [7, 11) is 0. The van der Waals surface area contributed by atoms with E-state index in [1.54, 1.807) is 24.3 Å². The molecule has 3 aromatic carbocycles. The maximum Gasteiger partial charge on any atom is 0.449 e. The Morgan fingerprint density at radius 3 is 2.29 bits per heavy atom. The van der Waals surface area contributed by atoms with Crippen molar-refractivity contribution < 1.29 is 26.7 Å². The zero-order valence-corrected chi connectivity index (χ0v) is 18.3. The number of hydrogen-bond acceptors (Lipinski definition) is 3. The van der Waals surface area contributed by atoms with Gasteiger partial charge in [-0.15, -0.1) is 0 Å². The van der Waals surface area contributed by atoms with Gasteiger partial charge in [0.25, 0.3) is 0 Å². The van der Waals surface area contributed by atoms with Crippen LogP contribution in [0, 0.1) is 11.6 Å². The smallest absolute Gasteiger partial charge is 0.308 e. The van der Waals surface area contributed by atoms with Crippen LogP contribution < -0.4 is 15.5 Å². The molecule has 0 aliphatic carbocycles. The summed E-state index contributed by atoms with van der Waals surface area (Å²) in [5, 5.41) is 4.59. The van der Waals surface area contributed by atoms with Crippen LogP contribution in [0.1, 0.15) is 19.4 Å². The quantitative estimate of drug-likeness (QED) is 0.391. The Kier molecular flexibility index (Phi) is 7.50. The normalized spacial score (nSPS) is 12.7. The Bertz CT molecular complexity index is 1190. The highest BCUT2D eigenvalue weighted by molar-refractivity contribution is 6.09. The first-order chi connectivity index (χ1) is 16.2. The fourth-order valence-corrected chi connectivity index (χ4v) is 3.26. The number of carbonyl (C=O) groups is 1. The van der Waals surface area contributed by atoms with E-state index in [0.29, 0.717) is 11.3 Å². The van der Waals surface area contributed by atoms with E-state index in [2.05, 4.69) is 15.6 Å². The number of fused-ring (bicyclic) bond motifs is 1. The van der Waals surface area contributed by atoms with Crippen molar-refractivity contribution in [3.63, 3.8) is 0 Å². The summed E-state index contributed by atoms with van der Waals surface area (Å²) in [6, 6.07) is 14.0. The van der Waals surface area contributed by atoms with Gasteiger partial charge in [0.05, 0.1) is 17.9 Å². The zero-order valence-electron chi connectivity index (χ0n) is 18.3. The summed E-state index contributed by atoms with van der Waals surface area (Å²) in [6.07, 6.45) is -4.67. The molecule has 0 bridgehead atoms. The molecule has 2 amide bonds. The van der Waals surface area contributed by atoms with Crippen LogP contribution in [0.2, 0.25) is 0 Å². The predicted octanol–water partition coefficient (Wildman–Crippen LogP) is 7.25. The Labute approximate surface area is 192 Å². The van der Waals surface area contributed by atoms with Crippen LogP contribution in [0.3, 0.4) is 0 Å². The van der Waals surface area contributed by atoms with Crippen molar-refractivity contribution in [3.05, 3.63) is 83.9 Å². The van der Waals surface area contributed by atoms with Crippen molar-refractivity contribution in [2.24, 2.45) is 4.99 Å². The third-order valence-electron chi connectivity index (χ3n) is 4.66. The fourth-order valence-electron chi connectivity index (χ4n) is 3.26. The maximum absolute atomic E-state index is 13.7. The lowest BCUT2D eigenvalue weighted by molar-refractivity contribution is -0.0601. The van der Waals surface area contributed by atoms with Gasteiger partial charge < -0.3 is 10.6 Å². The van der Waals surface area contributed by atoms with E-state index in [4.69, 9.17) is 0 Å². The molecular weight excluding hydrogens is 455 g/mol. The first-order valence-corrected chi connectivity index (χ1v) is 10.3. The number of aliphatic imine (C=N–C) groups is 1. The molecule has 0 saturated carbocycles. The molecule has 0 unspecified atom stereocenters. The van der Waals surface area contributed by atoms with Crippen LogP contribution in [0.4, 0.5) is 49.5 Å². The first kappa shape index (κ1) is 24.7. The van der Waals surface area contributed by atoms with Gasteiger partial charge in [-0.2, -0.15) is 13.2 Å². The minimum atomic E-state index is -4.67. The third-order valence-corrected chi connectivity index (χ3v) is 4.66. The number of amidine groups is 1. The summed E-state index contributed by atoms with van der Waals surface area (Å²) in [5.41, 5.74) is 1.07. The summed E-state index contributed by atoms with van der Waals surface area (Å²) in [5.74, 6) is -2.59. The number of rotatable bonds is 3. The van der Waals surface area contributed by atoms with Gasteiger partial charge in [-0.3, -0.25) is 9.89 Å². The summed E-state index contributed by atoms with van der Waals surface area (Å²) < 4.78 is 67.7. The molecule has 4 rings (SSSR count). The molecular formula is C24H21F5N4O. The number of para-hydroxylation sites is 1. The summed E-state index contributed by atoms with van der Waals surface area (Å²) in [6.45, 7) is 3.91. The minimum absolute atomic E-state index is 0.0854. The summed E-state index contributed by atoms with van der Waals surface area (Å²) in [4.78, 5) is 16.8. The minimum Gasteiger partial charge on any atom is -0.308 e. The van der Waals surface area contributed by atoms with Gasteiger partial charge in [0.15, 0.2) is 0 Å². The average Bonchev–Trinajstić information content (AvgIpc) is 2.82. The molecule has 0 radical (unpaired) electrons. The van der Waals surface area contributed by atoms with Gasteiger partial charge >= 0.3 is 12.2 Å². The van der Waals surface area contributed by atoms with Crippen molar-refractivity contribution in [2.75, 3.05) is 15.5 Å². The number of alkyl halides is 3. The van der Waals surface area contributed by atoms with Gasteiger partial charge in [-0.25, -0.2) is 13.6 Å². The Balaban J connectivity index is 0.00000158. The van der Waals surface area contributed by atoms with E-state index >= 15 is 0 Å². The molecule has 0 aromatic heterocycles. The highest BCUT2D eigenvalue weighted by Crippen LogP contribution is 2.37. The van der Waals surface area contributed by atoms with Crippen LogP contribution >= 0.6 is 0 Å². The third kappa shape index (κ3) is 5.51. The average molecular weight is 476 g/mol. The largest absolute Gasteiger partial charge is 0.449 e. The van der Waals surface area contributed by atoms with Crippen LogP contribution in [0.5, 0.6) is 0 Å². The lowest BCUT2D eigenvalue weighted by Crippen LogP contribution is -2.40. The predicted molar refractivity (Wildman–Crippen MR) is 123 cm³/mol. The van der Waals surface area contributed by atoms with E-state index in [9.17, 15) is 26.7 Å².